The van der Waals surface area contributed by atoms with E-state index in [4.69, 9.17) is 0 Å². The average Bonchev–Trinajstić information content (AvgIpc) is 3.35. The number of likely N-dealkylation sites (N-methyl/N-ethyl adjacent to an activating group) is 1. The van der Waals surface area contributed by atoms with Crippen molar-refractivity contribution in [3.8, 4) is 16.8 Å². The highest BCUT2D eigenvalue weighted by atomic mass is 16.1. The van der Waals surface area contributed by atoms with Crippen LogP contribution in [0, 0.1) is 5.92 Å². The van der Waals surface area contributed by atoms with Gasteiger partial charge in [-0.1, -0.05) is 31.2 Å². The number of benzene rings is 2. The molecule has 0 amide bonds. The van der Waals surface area contributed by atoms with Crippen LogP contribution in [0.2, 0.25) is 0 Å². The van der Waals surface area contributed by atoms with Crippen molar-refractivity contribution in [3.63, 3.8) is 0 Å². The van der Waals surface area contributed by atoms with Crippen molar-refractivity contribution in [1.29, 1.82) is 0 Å². The van der Waals surface area contributed by atoms with E-state index in [1.807, 2.05) is 24.3 Å². The Morgan fingerprint density at radius 2 is 1.62 bits per heavy atom. The highest BCUT2D eigenvalue weighted by molar-refractivity contribution is 5.67. The van der Waals surface area contributed by atoms with Crippen molar-refractivity contribution >= 4 is 5.69 Å². The molecule has 2 atom stereocenters. The van der Waals surface area contributed by atoms with Crippen molar-refractivity contribution in [2.75, 3.05) is 31.1 Å². The van der Waals surface area contributed by atoms with Gasteiger partial charge in [-0.05, 0) is 60.3 Å². The Morgan fingerprint density at radius 3 is 2.28 bits per heavy atom. The van der Waals surface area contributed by atoms with Gasteiger partial charge in [0.05, 0.1) is 5.69 Å². The summed E-state index contributed by atoms with van der Waals surface area (Å²) in [6.45, 7) is 7.02. The summed E-state index contributed by atoms with van der Waals surface area (Å²) in [6.07, 6.45) is 2.93. The van der Waals surface area contributed by atoms with Crippen LogP contribution in [-0.4, -0.2) is 46.9 Å². The highest BCUT2D eigenvalue weighted by Gasteiger charge is 2.40. The van der Waals surface area contributed by atoms with E-state index in [-0.39, 0.29) is 5.56 Å². The minimum atomic E-state index is -0.123. The van der Waals surface area contributed by atoms with Gasteiger partial charge in [0.15, 0.2) is 0 Å². The van der Waals surface area contributed by atoms with Gasteiger partial charge in [-0.15, -0.1) is 0 Å². The molecule has 0 spiro atoms. The van der Waals surface area contributed by atoms with Crippen LogP contribution < -0.4 is 10.5 Å². The van der Waals surface area contributed by atoms with E-state index in [0.29, 0.717) is 6.04 Å². The zero-order valence-electron chi connectivity index (χ0n) is 16.7. The quantitative estimate of drug-likeness (QED) is 0.689. The molecule has 2 fully saturated rings. The number of rotatable bonds is 4. The van der Waals surface area contributed by atoms with Crippen LogP contribution in [0.15, 0.2) is 71.7 Å². The molecule has 0 bridgehead atoms. The third-order valence-corrected chi connectivity index (χ3v) is 6.43. The molecule has 0 aliphatic carbocycles. The van der Waals surface area contributed by atoms with E-state index in [9.17, 15) is 4.79 Å². The van der Waals surface area contributed by atoms with Crippen LogP contribution in [0.1, 0.15) is 13.3 Å². The molecule has 5 heteroatoms. The first kappa shape index (κ1) is 18.1. The number of likely N-dealkylation sites (tertiary alicyclic amines) is 1. The molecule has 2 saturated heterocycles. The second-order valence-electron chi connectivity index (χ2n) is 8.03. The van der Waals surface area contributed by atoms with Gasteiger partial charge in [-0.25, -0.2) is 0 Å². The zero-order valence-corrected chi connectivity index (χ0v) is 16.7. The first-order valence-corrected chi connectivity index (χ1v) is 10.5. The van der Waals surface area contributed by atoms with Crippen LogP contribution in [0.25, 0.3) is 16.8 Å². The summed E-state index contributed by atoms with van der Waals surface area (Å²) >= 11 is 0. The Balaban J connectivity index is 1.34. The lowest BCUT2D eigenvalue weighted by Gasteiger charge is -2.27. The fourth-order valence-corrected chi connectivity index (χ4v) is 4.82. The van der Waals surface area contributed by atoms with Gasteiger partial charge in [0.2, 0.25) is 0 Å². The Morgan fingerprint density at radius 1 is 0.931 bits per heavy atom. The molecule has 3 heterocycles. The van der Waals surface area contributed by atoms with Crippen LogP contribution in [0.5, 0.6) is 0 Å². The number of hydrogen-bond donors (Lipinski definition) is 0. The Hall–Kier alpha value is -2.92. The Labute approximate surface area is 171 Å². The molecule has 0 N–H and O–H groups in total. The summed E-state index contributed by atoms with van der Waals surface area (Å²) < 4.78 is 1.41. The predicted molar refractivity (Wildman–Crippen MR) is 117 cm³/mol. The molecule has 5 nitrogen and oxygen atoms in total. The van der Waals surface area contributed by atoms with E-state index >= 15 is 0 Å². The molecule has 29 heavy (non-hydrogen) atoms. The maximum atomic E-state index is 11.9. The van der Waals surface area contributed by atoms with Gasteiger partial charge >= 0.3 is 0 Å². The Kier molecular flexibility index (Phi) is 4.68. The molecule has 0 unspecified atom stereocenters. The van der Waals surface area contributed by atoms with Crippen LogP contribution in [0.3, 0.4) is 0 Å². The maximum absolute atomic E-state index is 11.9. The smallest absolute Gasteiger partial charge is 0.271 e. The minimum absolute atomic E-state index is 0.123. The van der Waals surface area contributed by atoms with Gasteiger partial charge in [0, 0.05) is 43.6 Å². The summed E-state index contributed by atoms with van der Waals surface area (Å²) in [6, 6.07) is 20.7. The van der Waals surface area contributed by atoms with Crippen molar-refractivity contribution in [2.24, 2.45) is 5.92 Å². The van der Waals surface area contributed by atoms with Crippen LogP contribution in [0.4, 0.5) is 5.69 Å². The maximum Gasteiger partial charge on any atom is 0.271 e. The van der Waals surface area contributed by atoms with E-state index in [2.05, 4.69) is 46.1 Å². The van der Waals surface area contributed by atoms with Crippen LogP contribution >= 0.6 is 0 Å². The third kappa shape index (κ3) is 3.36. The lowest BCUT2D eigenvalue weighted by molar-refractivity contribution is 0.335. The summed E-state index contributed by atoms with van der Waals surface area (Å²) in [5.74, 6) is 0.817. The van der Waals surface area contributed by atoms with Crippen molar-refractivity contribution in [3.05, 3.63) is 77.2 Å². The molecule has 2 aromatic carbocycles. The van der Waals surface area contributed by atoms with Crippen molar-refractivity contribution < 1.29 is 0 Å². The van der Waals surface area contributed by atoms with Gasteiger partial charge < -0.3 is 9.80 Å². The molecule has 2 aliphatic rings. The standard InChI is InChI=1S/C24H26N4O/c1-2-26-16-20-13-15-27(23(20)17-26)21-9-5-18(6-10-21)19-7-11-22(12-8-19)28-24(29)4-3-14-25-28/h3-12,14,20,23H,2,13,15-17H2,1H3/t20-,23+/m1/s1. The van der Waals surface area contributed by atoms with E-state index in [1.165, 1.54) is 48.1 Å². The third-order valence-electron chi connectivity index (χ3n) is 6.43. The average molecular weight is 386 g/mol. The van der Waals surface area contributed by atoms with Gasteiger partial charge in [-0.2, -0.15) is 9.78 Å². The zero-order chi connectivity index (χ0) is 19.8. The lowest BCUT2D eigenvalue weighted by Crippen LogP contribution is -2.35. The second kappa shape index (κ2) is 7.48. The topological polar surface area (TPSA) is 41.4 Å². The number of nitrogens with zero attached hydrogens (tertiary/aromatic N) is 4. The summed E-state index contributed by atoms with van der Waals surface area (Å²) in [5.41, 5.74) is 4.31. The number of aromatic nitrogens is 2. The summed E-state index contributed by atoms with van der Waals surface area (Å²) in [7, 11) is 0. The monoisotopic (exact) mass is 386 g/mol. The highest BCUT2D eigenvalue weighted by Crippen LogP contribution is 2.35. The molecule has 2 aliphatic heterocycles. The Bertz CT molecular complexity index is 1040. The number of hydrogen-bond acceptors (Lipinski definition) is 4. The van der Waals surface area contributed by atoms with Gasteiger partial charge in [-0.3, -0.25) is 4.79 Å². The SMILES string of the molecule is CCN1C[C@H]2CCN(c3ccc(-c4ccc(-n5ncccc5=O)cc4)cc3)[C@H]2C1. The lowest BCUT2D eigenvalue weighted by atomic mass is 10.0. The normalized spacial score (nSPS) is 21.5. The van der Waals surface area contributed by atoms with Crippen molar-refractivity contribution in [2.45, 2.75) is 19.4 Å². The predicted octanol–water partition coefficient (Wildman–Crippen LogP) is 3.43. The first-order valence-electron chi connectivity index (χ1n) is 10.5. The fourth-order valence-electron chi connectivity index (χ4n) is 4.82. The van der Waals surface area contributed by atoms with Crippen LogP contribution in [-0.2, 0) is 0 Å². The molecule has 0 saturated carbocycles. The molecule has 1 aromatic heterocycles. The van der Waals surface area contributed by atoms with Gasteiger partial charge in [0.1, 0.15) is 0 Å². The molecule has 148 valence electrons. The van der Waals surface area contributed by atoms with Gasteiger partial charge in [0.25, 0.3) is 5.56 Å². The molecular formula is C24H26N4O. The molecular weight excluding hydrogens is 360 g/mol. The summed E-state index contributed by atoms with van der Waals surface area (Å²) in [4.78, 5) is 17.1. The molecule has 5 rings (SSSR count). The number of fused-ring (bicyclic) bond motifs is 1. The molecule has 3 aromatic rings. The summed E-state index contributed by atoms with van der Waals surface area (Å²) in [5, 5.41) is 4.14. The first-order chi connectivity index (χ1) is 14.2. The van der Waals surface area contributed by atoms with Crippen molar-refractivity contribution in [1.82, 2.24) is 14.7 Å². The molecule has 0 radical (unpaired) electrons. The minimum Gasteiger partial charge on any atom is -0.367 e. The largest absolute Gasteiger partial charge is 0.367 e. The number of anilines is 1. The van der Waals surface area contributed by atoms with E-state index in [0.717, 1.165) is 23.7 Å². The van der Waals surface area contributed by atoms with E-state index in [1.54, 1.807) is 12.3 Å². The fraction of sp³-hybridized carbons (Fsp3) is 0.333. The van der Waals surface area contributed by atoms with E-state index < -0.39 is 0 Å². The second-order valence-corrected chi connectivity index (χ2v) is 8.03.